The van der Waals surface area contributed by atoms with Crippen LogP contribution in [0.5, 0.6) is 0 Å². The molecule has 3 nitrogen and oxygen atoms in total. The summed E-state index contributed by atoms with van der Waals surface area (Å²) in [5, 5.41) is 5.63. The van der Waals surface area contributed by atoms with Gasteiger partial charge in [-0.05, 0) is 18.9 Å². The van der Waals surface area contributed by atoms with Crippen molar-refractivity contribution < 1.29 is 0 Å². The Morgan fingerprint density at radius 3 is 2.62 bits per heavy atom. The van der Waals surface area contributed by atoms with Gasteiger partial charge in [-0.2, -0.15) is 5.10 Å². The Morgan fingerprint density at radius 2 is 2.00 bits per heavy atom. The molecular formula is C13H21N3. The standard InChI is InChI=1S/C11H15N3.C2H6/c1-3-5-14-8-9-6-10(4-2)12-7-11(9)13-14;1-2/h6-8H,3-5H2,1-2H3;1-2H3. The molecule has 0 N–H and O–H groups in total. The van der Waals surface area contributed by atoms with Crippen LogP contribution >= 0.6 is 0 Å². The minimum Gasteiger partial charge on any atom is -0.271 e. The molecule has 0 fully saturated rings. The lowest BCUT2D eigenvalue weighted by Crippen LogP contribution is -1.95. The molecule has 0 aromatic carbocycles. The van der Waals surface area contributed by atoms with Crippen LogP contribution in [0.2, 0.25) is 0 Å². The Bertz CT molecular complexity index is 432. The number of pyridine rings is 1. The van der Waals surface area contributed by atoms with Crippen LogP contribution in [0.25, 0.3) is 10.9 Å². The zero-order valence-corrected chi connectivity index (χ0v) is 10.7. The molecule has 2 rings (SSSR count). The monoisotopic (exact) mass is 219 g/mol. The van der Waals surface area contributed by atoms with E-state index in [0.717, 1.165) is 30.6 Å². The third-order valence-electron chi connectivity index (χ3n) is 2.31. The SMILES string of the molecule is CC.CCCn1cc2cc(CC)ncc2n1. The average Bonchev–Trinajstić information content (AvgIpc) is 2.73. The van der Waals surface area contributed by atoms with Gasteiger partial charge in [-0.1, -0.05) is 27.7 Å². The molecule has 0 saturated carbocycles. The molecule has 3 heteroatoms. The van der Waals surface area contributed by atoms with Gasteiger partial charge in [-0.25, -0.2) is 0 Å². The molecule has 0 aliphatic rings. The lowest BCUT2D eigenvalue weighted by molar-refractivity contribution is 0.608. The van der Waals surface area contributed by atoms with Crippen LogP contribution in [0, 0.1) is 0 Å². The summed E-state index contributed by atoms with van der Waals surface area (Å²) in [7, 11) is 0. The van der Waals surface area contributed by atoms with E-state index in [-0.39, 0.29) is 0 Å². The first-order chi connectivity index (χ1) is 7.83. The minimum absolute atomic E-state index is 0.981. The van der Waals surface area contributed by atoms with Crippen molar-refractivity contribution in [3.8, 4) is 0 Å². The molecule has 0 aliphatic heterocycles. The first kappa shape index (κ1) is 12.7. The van der Waals surface area contributed by atoms with E-state index in [1.165, 1.54) is 5.39 Å². The second kappa shape index (κ2) is 6.26. The van der Waals surface area contributed by atoms with E-state index in [0.29, 0.717) is 0 Å². The van der Waals surface area contributed by atoms with E-state index in [1.54, 1.807) is 0 Å². The predicted octanol–water partition coefficient (Wildman–Crippen LogP) is 3.43. The highest BCUT2D eigenvalue weighted by Gasteiger charge is 2.01. The molecular weight excluding hydrogens is 198 g/mol. The Kier molecular flexibility index (Phi) is 4.96. The summed E-state index contributed by atoms with van der Waals surface area (Å²) in [5.74, 6) is 0. The van der Waals surface area contributed by atoms with Gasteiger partial charge in [0.25, 0.3) is 0 Å². The number of nitrogens with zero attached hydrogens (tertiary/aromatic N) is 3. The molecule has 88 valence electrons. The van der Waals surface area contributed by atoms with Crippen LogP contribution in [0.1, 0.15) is 39.8 Å². The highest BCUT2D eigenvalue weighted by molar-refractivity contribution is 5.77. The number of aromatic nitrogens is 3. The quantitative estimate of drug-likeness (QED) is 0.791. The van der Waals surface area contributed by atoms with Crippen LogP contribution in [0.15, 0.2) is 18.5 Å². The average molecular weight is 219 g/mol. The lowest BCUT2D eigenvalue weighted by Gasteiger charge is -1.93. The van der Waals surface area contributed by atoms with Gasteiger partial charge in [0.1, 0.15) is 5.52 Å². The normalized spacial score (nSPS) is 10.0. The second-order valence-electron chi connectivity index (χ2n) is 3.48. The Balaban J connectivity index is 0.000000606. The largest absolute Gasteiger partial charge is 0.271 e. The van der Waals surface area contributed by atoms with Crippen molar-refractivity contribution in [2.45, 2.75) is 47.1 Å². The van der Waals surface area contributed by atoms with Crippen LogP contribution in [-0.4, -0.2) is 14.8 Å². The summed E-state index contributed by atoms with van der Waals surface area (Å²) in [5.41, 5.74) is 2.13. The lowest BCUT2D eigenvalue weighted by atomic mass is 10.2. The fraction of sp³-hybridized carbons (Fsp3) is 0.538. The molecule has 2 heterocycles. The van der Waals surface area contributed by atoms with E-state index in [9.17, 15) is 0 Å². The van der Waals surface area contributed by atoms with E-state index in [1.807, 2.05) is 24.7 Å². The van der Waals surface area contributed by atoms with Crippen molar-refractivity contribution in [1.82, 2.24) is 14.8 Å². The van der Waals surface area contributed by atoms with Gasteiger partial charge in [0.05, 0.1) is 6.20 Å². The van der Waals surface area contributed by atoms with Crippen molar-refractivity contribution >= 4 is 10.9 Å². The number of fused-ring (bicyclic) bond motifs is 1. The smallest absolute Gasteiger partial charge is 0.111 e. The highest BCUT2D eigenvalue weighted by Crippen LogP contribution is 2.12. The van der Waals surface area contributed by atoms with E-state index < -0.39 is 0 Å². The van der Waals surface area contributed by atoms with Gasteiger partial charge in [-0.3, -0.25) is 9.67 Å². The van der Waals surface area contributed by atoms with Gasteiger partial charge in [0.15, 0.2) is 0 Å². The van der Waals surface area contributed by atoms with Gasteiger partial charge >= 0.3 is 0 Å². The molecule has 0 saturated heterocycles. The summed E-state index contributed by atoms with van der Waals surface area (Å²) in [6.45, 7) is 9.25. The molecule has 0 bridgehead atoms. The maximum absolute atomic E-state index is 4.43. The Morgan fingerprint density at radius 1 is 1.25 bits per heavy atom. The van der Waals surface area contributed by atoms with Gasteiger partial charge in [0, 0.05) is 23.8 Å². The Hall–Kier alpha value is -1.38. The fourth-order valence-corrected chi connectivity index (χ4v) is 1.56. The zero-order valence-electron chi connectivity index (χ0n) is 10.7. The third kappa shape index (κ3) is 2.81. The maximum atomic E-state index is 4.43. The van der Waals surface area contributed by atoms with Gasteiger partial charge in [-0.15, -0.1) is 0 Å². The van der Waals surface area contributed by atoms with Crippen molar-refractivity contribution in [3.05, 3.63) is 24.2 Å². The third-order valence-corrected chi connectivity index (χ3v) is 2.31. The summed E-state index contributed by atoms with van der Waals surface area (Å²) < 4.78 is 1.99. The molecule has 0 unspecified atom stereocenters. The zero-order chi connectivity index (χ0) is 12.0. The first-order valence-electron chi connectivity index (χ1n) is 6.15. The van der Waals surface area contributed by atoms with Crippen LogP contribution in [0.3, 0.4) is 0 Å². The van der Waals surface area contributed by atoms with E-state index in [2.05, 4.69) is 36.2 Å². The van der Waals surface area contributed by atoms with Crippen molar-refractivity contribution in [2.75, 3.05) is 0 Å². The maximum Gasteiger partial charge on any atom is 0.111 e. The first-order valence-corrected chi connectivity index (χ1v) is 6.15. The van der Waals surface area contributed by atoms with Crippen molar-refractivity contribution in [1.29, 1.82) is 0 Å². The van der Waals surface area contributed by atoms with Crippen molar-refractivity contribution in [2.24, 2.45) is 0 Å². The number of rotatable bonds is 3. The topological polar surface area (TPSA) is 30.7 Å². The van der Waals surface area contributed by atoms with Crippen LogP contribution in [-0.2, 0) is 13.0 Å². The van der Waals surface area contributed by atoms with Crippen LogP contribution in [0.4, 0.5) is 0 Å². The highest BCUT2D eigenvalue weighted by atomic mass is 15.3. The Labute approximate surface area is 97.5 Å². The summed E-state index contributed by atoms with van der Waals surface area (Å²) in [4.78, 5) is 4.32. The summed E-state index contributed by atoms with van der Waals surface area (Å²) >= 11 is 0. The molecule has 0 aliphatic carbocycles. The molecule has 0 amide bonds. The molecule has 2 aromatic heterocycles. The molecule has 16 heavy (non-hydrogen) atoms. The number of aryl methyl sites for hydroxylation is 2. The van der Waals surface area contributed by atoms with Crippen molar-refractivity contribution in [3.63, 3.8) is 0 Å². The molecule has 0 atom stereocenters. The van der Waals surface area contributed by atoms with Gasteiger partial charge in [0.2, 0.25) is 0 Å². The summed E-state index contributed by atoms with van der Waals surface area (Å²) in [6, 6.07) is 2.12. The van der Waals surface area contributed by atoms with Gasteiger partial charge < -0.3 is 0 Å². The molecule has 2 aromatic rings. The number of hydrogen-bond acceptors (Lipinski definition) is 2. The minimum atomic E-state index is 0.981. The van der Waals surface area contributed by atoms with Crippen LogP contribution < -0.4 is 0 Å². The fourth-order valence-electron chi connectivity index (χ4n) is 1.56. The summed E-state index contributed by atoms with van der Waals surface area (Å²) in [6.07, 6.45) is 6.05. The molecule has 0 radical (unpaired) electrons. The number of hydrogen-bond donors (Lipinski definition) is 0. The molecule has 0 spiro atoms. The van der Waals surface area contributed by atoms with E-state index in [4.69, 9.17) is 0 Å². The van der Waals surface area contributed by atoms with E-state index >= 15 is 0 Å². The predicted molar refractivity (Wildman–Crippen MR) is 68.5 cm³/mol. The second-order valence-corrected chi connectivity index (χ2v) is 3.48.